The molecule has 1 N–H and O–H groups in total. The van der Waals surface area contributed by atoms with E-state index in [4.69, 9.17) is 4.42 Å². The molecule has 5 heteroatoms. The molecular formula is C23H24N2O3. The Labute approximate surface area is 165 Å². The van der Waals surface area contributed by atoms with Gasteiger partial charge in [0.2, 0.25) is 5.91 Å². The predicted octanol–water partition coefficient (Wildman–Crippen LogP) is 4.19. The average molecular weight is 376 g/mol. The maximum absolute atomic E-state index is 12.8. The number of carbonyl (C=O) groups excluding carboxylic acids is 2. The Morgan fingerprint density at radius 2 is 1.68 bits per heavy atom. The number of benzene rings is 2. The van der Waals surface area contributed by atoms with Gasteiger partial charge in [-0.25, -0.2) is 0 Å². The number of furan rings is 1. The summed E-state index contributed by atoms with van der Waals surface area (Å²) in [6.45, 7) is 2.71. The fourth-order valence-corrected chi connectivity index (χ4v) is 3.00. The first-order chi connectivity index (χ1) is 13.6. The highest BCUT2D eigenvalue weighted by molar-refractivity contribution is 5.94. The van der Waals surface area contributed by atoms with Gasteiger partial charge in [-0.05, 0) is 24.1 Å². The molecule has 0 aliphatic carbocycles. The van der Waals surface area contributed by atoms with Crippen molar-refractivity contribution in [3.63, 3.8) is 0 Å². The topological polar surface area (TPSA) is 62.6 Å². The Kier molecular flexibility index (Phi) is 6.63. The molecule has 1 unspecified atom stereocenters. The van der Waals surface area contributed by atoms with Crippen LogP contribution in [0.2, 0.25) is 0 Å². The lowest BCUT2D eigenvalue weighted by Crippen LogP contribution is -2.35. The van der Waals surface area contributed by atoms with Crippen molar-refractivity contribution in [1.29, 1.82) is 0 Å². The Bertz CT molecular complexity index is 877. The summed E-state index contributed by atoms with van der Waals surface area (Å²) in [5.41, 5.74) is 2.54. The lowest BCUT2D eigenvalue weighted by atomic mass is 10.1. The highest BCUT2D eigenvalue weighted by Gasteiger charge is 2.19. The van der Waals surface area contributed by atoms with Crippen LogP contribution in [0.15, 0.2) is 83.7 Å². The molecule has 3 rings (SSSR count). The van der Waals surface area contributed by atoms with Crippen molar-refractivity contribution < 1.29 is 14.0 Å². The standard InChI is InChI=1S/C23H24N2O3/c1-18(20-10-6-3-7-11-20)24-22(26)12-14-25(16-19-8-4-2-5-9-19)23(27)21-13-15-28-17-21/h2-11,13,15,17-18H,12,14,16H2,1H3,(H,24,26). The molecule has 1 atom stereocenters. The highest BCUT2D eigenvalue weighted by Crippen LogP contribution is 2.13. The van der Waals surface area contributed by atoms with E-state index in [-0.39, 0.29) is 24.3 Å². The fraction of sp³-hybridized carbons (Fsp3) is 0.217. The molecule has 0 aliphatic rings. The van der Waals surface area contributed by atoms with Gasteiger partial charge in [0.15, 0.2) is 0 Å². The van der Waals surface area contributed by atoms with E-state index in [0.29, 0.717) is 18.7 Å². The summed E-state index contributed by atoms with van der Waals surface area (Å²) >= 11 is 0. The SMILES string of the molecule is CC(NC(=O)CCN(Cc1ccccc1)C(=O)c1ccoc1)c1ccccc1. The van der Waals surface area contributed by atoms with E-state index in [1.165, 1.54) is 12.5 Å². The molecule has 0 radical (unpaired) electrons. The van der Waals surface area contributed by atoms with E-state index < -0.39 is 0 Å². The van der Waals surface area contributed by atoms with E-state index in [9.17, 15) is 9.59 Å². The molecule has 0 aliphatic heterocycles. The van der Waals surface area contributed by atoms with E-state index in [1.807, 2.05) is 67.6 Å². The van der Waals surface area contributed by atoms with Crippen LogP contribution in [0, 0.1) is 0 Å². The van der Waals surface area contributed by atoms with Gasteiger partial charge in [-0.15, -0.1) is 0 Å². The van der Waals surface area contributed by atoms with Crippen LogP contribution in [0.3, 0.4) is 0 Å². The van der Waals surface area contributed by atoms with Crippen LogP contribution in [-0.2, 0) is 11.3 Å². The smallest absolute Gasteiger partial charge is 0.257 e. The first-order valence-electron chi connectivity index (χ1n) is 9.33. The third kappa shape index (κ3) is 5.33. The maximum atomic E-state index is 12.8. The normalized spacial score (nSPS) is 11.6. The van der Waals surface area contributed by atoms with Gasteiger partial charge in [-0.3, -0.25) is 9.59 Å². The summed E-state index contributed by atoms with van der Waals surface area (Å²) in [6.07, 6.45) is 3.13. The molecular weight excluding hydrogens is 352 g/mol. The van der Waals surface area contributed by atoms with E-state index in [2.05, 4.69) is 5.32 Å². The second-order valence-corrected chi connectivity index (χ2v) is 6.67. The van der Waals surface area contributed by atoms with Gasteiger partial charge < -0.3 is 14.6 Å². The van der Waals surface area contributed by atoms with Crippen LogP contribution in [0.5, 0.6) is 0 Å². The molecule has 1 heterocycles. The van der Waals surface area contributed by atoms with E-state index >= 15 is 0 Å². The lowest BCUT2D eigenvalue weighted by molar-refractivity contribution is -0.121. The number of rotatable bonds is 8. The quantitative estimate of drug-likeness (QED) is 0.641. The van der Waals surface area contributed by atoms with E-state index in [1.54, 1.807) is 11.0 Å². The number of hydrogen-bond acceptors (Lipinski definition) is 3. The van der Waals surface area contributed by atoms with Crippen molar-refractivity contribution in [2.45, 2.75) is 25.9 Å². The van der Waals surface area contributed by atoms with Crippen LogP contribution in [-0.4, -0.2) is 23.3 Å². The van der Waals surface area contributed by atoms with Crippen LogP contribution in [0.25, 0.3) is 0 Å². The van der Waals surface area contributed by atoms with Gasteiger partial charge in [0.1, 0.15) is 6.26 Å². The molecule has 0 saturated heterocycles. The summed E-state index contributed by atoms with van der Waals surface area (Å²) in [4.78, 5) is 26.9. The summed E-state index contributed by atoms with van der Waals surface area (Å²) in [7, 11) is 0. The first-order valence-corrected chi connectivity index (χ1v) is 9.33. The Morgan fingerprint density at radius 3 is 2.32 bits per heavy atom. The van der Waals surface area contributed by atoms with Crippen molar-refractivity contribution in [2.75, 3.05) is 6.54 Å². The summed E-state index contributed by atoms with van der Waals surface area (Å²) in [6, 6.07) is 21.1. The zero-order valence-electron chi connectivity index (χ0n) is 15.9. The zero-order chi connectivity index (χ0) is 19.8. The first kappa shape index (κ1) is 19.4. The van der Waals surface area contributed by atoms with Gasteiger partial charge in [0.05, 0.1) is 17.9 Å². The van der Waals surface area contributed by atoms with Crippen molar-refractivity contribution in [3.8, 4) is 0 Å². The number of nitrogens with zero attached hydrogens (tertiary/aromatic N) is 1. The number of hydrogen-bond donors (Lipinski definition) is 1. The maximum Gasteiger partial charge on any atom is 0.257 e. The predicted molar refractivity (Wildman–Crippen MR) is 108 cm³/mol. The van der Waals surface area contributed by atoms with Gasteiger partial charge in [0.25, 0.3) is 5.91 Å². The van der Waals surface area contributed by atoms with Gasteiger partial charge in [-0.2, -0.15) is 0 Å². The molecule has 3 aromatic rings. The third-order valence-electron chi connectivity index (χ3n) is 4.56. The monoisotopic (exact) mass is 376 g/mol. The average Bonchev–Trinajstić information content (AvgIpc) is 3.27. The van der Waals surface area contributed by atoms with Gasteiger partial charge in [-0.1, -0.05) is 60.7 Å². The van der Waals surface area contributed by atoms with Crippen molar-refractivity contribution in [1.82, 2.24) is 10.2 Å². The molecule has 2 aromatic carbocycles. The molecule has 0 spiro atoms. The van der Waals surface area contributed by atoms with Crippen LogP contribution in [0.4, 0.5) is 0 Å². The Morgan fingerprint density at radius 1 is 1.00 bits per heavy atom. The van der Waals surface area contributed by atoms with Gasteiger partial charge >= 0.3 is 0 Å². The second kappa shape index (κ2) is 9.55. The van der Waals surface area contributed by atoms with Crippen molar-refractivity contribution in [3.05, 3.63) is 95.9 Å². The van der Waals surface area contributed by atoms with Crippen molar-refractivity contribution >= 4 is 11.8 Å². The molecule has 28 heavy (non-hydrogen) atoms. The summed E-state index contributed by atoms with van der Waals surface area (Å²) in [5.74, 6) is -0.240. The number of carbonyl (C=O) groups is 2. The largest absolute Gasteiger partial charge is 0.472 e. The summed E-state index contributed by atoms with van der Waals surface area (Å²) < 4.78 is 5.04. The summed E-state index contributed by atoms with van der Waals surface area (Å²) in [5, 5.41) is 2.99. The molecule has 0 fully saturated rings. The molecule has 0 bridgehead atoms. The molecule has 1 aromatic heterocycles. The van der Waals surface area contributed by atoms with Crippen molar-refractivity contribution in [2.24, 2.45) is 0 Å². The molecule has 144 valence electrons. The lowest BCUT2D eigenvalue weighted by Gasteiger charge is -2.23. The van der Waals surface area contributed by atoms with Crippen LogP contribution < -0.4 is 5.32 Å². The fourth-order valence-electron chi connectivity index (χ4n) is 3.00. The van der Waals surface area contributed by atoms with Crippen LogP contribution >= 0.6 is 0 Å². The zero-order valence-corrected chi connectivity index (χ0v) is 15.9. The molecule has 0 saturated carbocycles. The van der Waals surface area contributed by atoms with Gasteiger partial charge in [0, 0.05) is 19.5 Å². The third-order valence-corrected chi connectivity index (χ3v) is 4.56. The highest BCUT2D eigenvalue weighted by atomic mass is 16.3. The Hall–Kier alpha value is -3.34. The molecule has 5 nitrogen and oxygen atoms in total. The Balaban J connectivity index is 1.62. The minimum atomic E-state index is -0.151. The second-order valence-electron chi connectivity index (χ2n) is 6.67. The molecule has 2 amide bonds. The minimum Gasteiger partial charge on any atom is -0.472 e. The van der Waals surface area contributed by atoms with Crippen LogP contribution in [0.1, 0.15) is 40.9 Å². The van der Waals surface area contributed by atoms with E-state index in [0.717, 1.165) is 11.1 Å². The number of amides is 2. The number of nitrogens with one attached hydrogen (secondary N) is 1. The minimum absolute atomic E-state index is 0.0825.